The van der Waals surface area contributed by atoms with Gasteiger partial charge in [-0.2, -0.15) is 0 Å². The molecule has 4 heavy (non-hydrogen) atoms. The molecule has 0 rings (SSSR count). The molecule has 2 radical (unpaired) electrons. The molecule has 0 aliphatic carbocycles. The van der Waals surface area contributed by atoms with Crippen molar-refractivity contribution in [2.45, 2.75) is 0 Å². The number of hydrogen-bond donors (Lipinski definition) is 0. The summed E-state index contributed by atoms with van der Waals surface area (Å²) >= 11 is 0. The molecule has 0 aliphatic heterocycles. The van der Waals surface area contributed by atoms with Gasteiger partial charge in [0.15, 0.2) is 0 Å². The van der Waals surface area contributed by atoms with E-state index in [4.69, 9.17) is 0 Å². The normalized spacial score (nSPS) is 0. The van der Waals surface area contributed by atoms with Crippen LogP contribution in [0.15, 0.2) is 0 Å². The van der Waals surface area contributed by atoms with Crippen LogP contribution < -0.4 is 0 Å². The maximum atomic E-state index is 0. The van der Waals surface area contributed by atoms with Crippen molar-refractivity contribution >= 4 is 48.9 Å². The number of rotatable bonds is 0. The molecule has 0 saturated heterocycles. The molecule has 0 aromatic carbocycles. The first-order valence-corrected chi connectivity index (χ1v) is 0. The van der Waals surface area contributed by atoms with Gasteiger partial charge in [-0.05, 0) is 0 Å². The first-order chi connectivity index (χ1) is 0. The van der Waals surface area contributed by atoms with E-state index in [1.807, 2.05) is 0 Å². The van der Waals surface area contributed by atoms with Crippen LogP contribution in [0.1, 0.15) is 0 Å². The van der Waals surface area contributed by atoms with Gasteiger partial charge in [0.25, 0.3) is 0 Å². The van der Waals surface area contributed by atoms with Gasteiger partial charge in [-0.1, -0.05) is 0 Å². The van der Waals surface area contributed by atoms with Crippen LogP contribution in [0.4, 0.5) is 0 Å². The minimum atomic E-state index is 0. The van der Waals surface area contributed by atoms with Gasteiger partial charge in [-0.3, -0.25) is 0 Å². The smallest absolute Gasteiger partial charge is 0 e. The Morgan fingerprint density at radius 2 is 1.00 bits per heavy atom. The molecule has 0 aliphatic rings. The standard InChI is InChI=1S/Ba.Cr.Cu.La.2H. The topological polar surface area (TPSA) is 0 Å². The zero-order valence-corrected chi connectivity index (χ0v) is 7.13. The third kappa shape index (κ3) is 9.26. The molecular formula is H2BaCrCuLa. The zero-order chi connectivity index (χ0) is 0. The Balaban J connectivity index is 0. The number of hydrogen-bond acceptors (Lipinski definition) is 0. The zero-order valence-electron chi connectivity index (χ0n) is 1.29. The molecule has 0 heterocycles. The van der Waals surface area contributed by atoms with Crippen LogP contribution in [0.25, 0.3) is 0 Å². The van der Waals surface area contributed by atoms with E-state index in [2.05, 4.69) is 0 Å². The first-order valence-electron chi connectivity index (χ1n) is 0. The second-order valence-electron chi connectivity index (χ2n) is 0. The maximum absolute atomic E-state index is 0. The molecule has 0 fully saturated rings. The largest absolute Gasteiger partial charge is 0 e. The Hall–Kier alpha value is 3.82. The van der Waals surface area contributed by atoms with Crippen LogP contribution in [0, 0.1) is 35.6 Å². The third-order valence-corrected chi connectivity index (χ3v) is 0. The quantitative estimate of drug-likeness (QED) is 0.467. The van der Waals surface area contributed by atoms with E-state index in [1.54, 1.807) is 0 Å². The van der Waals surface area contributed by atoms with Crippen molar-refractivity contribution in [1.29, 1.82) is 0 Å². The molecular weight excluding hydrogens is 392 g/mol. The van der Waals surface area contributed by atoms with Crippen molar-refractivity contribution in [2.75, 3.05) is 0 Å². The summed E-state index contributed by atoms with van der Waals surface area (Å²) in [5, 5.41) is 0. The summed E-state index contributed by atoms with van der Waals surface area (Å²) < 4.78 is 0. The van der Waals surface area contributed by atoms with Gasteiger partial charge < -0.3 is 0 Å². The van der Waals surface area contributed by atoms with E-state index < -0.39 is 0 Å². The summed E-state index contributed by atoms with van der Waals surface area (Å²) in [6, 6.07) is 0. The summed E-state index contributed by atoms with van der Waals surface area (Å²) in [5.74, 6) is 0. The fourth-order valence-electron chi connectivity index (χ4n) is 0. The minimum Gasteiger partial charge on any atom is 0 e. The average Bonchev–Trinajstić information content (AvgIpc) is 0. The maximum Gasteiger partial charge on any atom is 0 e. The molecule has 0 atom stereocenters. The van der Waals surface area contributed by atoms with Crippen LogP contribution in [0.5, 0.6) is 0 Å². The fraction of sp³-hybridized carbons (Fsp3) is 0. The molecule has 0 N–H and O–H groups in total. The van der Waals surface area contributed by atoms with E-state index >= 15 is 0 Å². The monoisotopic (exact) mass is 394 g/mol. The van der Waals surface area contributed by atoms with Gasteiger partial charge in [0.1, 0.15) is 0 Å². The summed E-state index contributed by atoms with van der Waals surface area (Å²) in [7, 11) is 0. The second kappa shape index (κ2) is 15.8. The minimum absolute atomic E-state index is 0. The van der Waals surface area contributed by atoms with E-state index in [0.717, 1.165) is 0 Å². The SMILES string of the molecule is [BaH2].[Cr].[Cu].[La]. The van der Waals surface area contributed by atoms with Crippen LogP contribution >= 0.6 is 0 Å². The average molecular weight is 394 g/mol. The van der Waals surface area contributed by atoms with Gasteiger partial charge in [-0.15, -0.1) is 0 Å². The van der Waals surface area contributed by atoms with Crippen molar-refractivity contribution < 1.29 is 70.0 Å². The molecule has 0 spiro atoms. The van der Waals surface area contributed by atoms with E-state index in [1.165, 1.54) is 0 Å². The Bertz CT molecular complexity index is 8.00. The van der Waals surface area contributed by atoms with Crippen molar-refractivity contribution in [3.63, 3.8) is 0 Å². The Labute approximate surface area is 116 Å². The third-order valence-electron chi connectivity index (χ3n) is 0. The Morgan fingerprint density at radius 1 is 1.00 bits per heavy atom. The van der Waals surface area contributed by atoms with Gasteiger partial charge in [0.2, 0.25) is 0 Å². The van der Waals surface area contributed by atoms with E-state index in [-0.39, 0.29) is 119 Å². The molecule has 0 aromatic rings. The van der Waals surface area contributed by atoms with Gasteiger partial charge >= 0.3 is 48.9 Å². The summed E-state index contributed by atoms with van der Waals surface area (Å²) in [5.41, 5.74) is 0. The van der Waals surface area contributed by atoms with Crippen LogP contribution in [0.2, 0.25) is 0 Å². The molecule has 4 heteroatoms. The molecule has 0 amide bonds. The molecule has 24 valence electrons. The van der Waals surface area contributed by atoms with Crippen LogP contribution in [-0.2, 0) is 34.4 Å². The molecule has 0 unspecified atom stereocenters. The van der Waals surface area contributed by atoms with Crippen molar-refractivity contribution in [1.82, 2.24) is 0 Å². The molecule has 0 nitrogen and oxygen atoms in total. The van der Waals surface area contributed by atoms with Crippen LogP contribution in [0.3, 0.4) is 0 Å². The van der Waals surface area contributed by atoms with Gasteiger partial charge in [-0.25, -0.2) is 0 Å². The van der Waals surface area contributed by atoms with Crippen molar-refractivity contribution in [3.8, 4) is 0 Å². The van der Waals surface area contributed by atoms with Crippen molar-refractivity contribution in [2.24, 2.45) is 0 Å². The van der Waals surface area contributed by atoms with Crippen LogP contribution in [-0.4, -0.2) is 48.9 Å². The molecule has 0 bridgehead atoms. The second-order valence-corrected chi connectivity index (χ2v) is 0. The Kier molecular flexibility index (Phi) is 98.7. The predicted octanol–water partition coefficient (Wildman–Crippen LogP) is -0.921. The van der Waals surface area contributed by atoms with Crippen molar-refractivity contribution in [3.05, 3.63) is 0 Å². The Morgan fingerprint density at radius 3 is 1.00 bits per heavy atom. The van der Waals surface area contributed by atoms with E-state index in [9.17, 15) is 0 Å². The summed E-state index contributed by atoms with van der Waals surface area (Å²) in [6.07, 6.45) is 0. The fourth-order valence-corrected chi connectivity index (χ4v) is 0. The summed E-state index contributed by atoms with van der Waals surface area (Å²) in [4.78, 5) is 0. The molecule has 0 saturated carbocycles. The van der Waals surface area contributed by atoms with Gasteiger partial charge in [0.05, 0.1) is 0 Å². The predicted molar refractivity (Wildman–Crippen MR) is 8.54 cm³/mol. The summed E-state index contributed by atoms with van der Waals surface area (Å²) in [6.45, 7) is 0. The first kappa shape index (κ1) is 24.9. The molecule has 0 aromatic heterocycles. The van der Waals surface area contributed by atoms with E-state index in [0.29, 0.717) is 0 Å². The van der Waals surface area contributed by atoms with Gasteiger partial charge in [0, 0.05) is 70.0 Å².